The summed E-state index contributed by atoms with van der Waals surface area (Å²) in [6.07, 6.45) is 10.2. The molecule has 0 amide bonds. The van der Waals surface area contributed by atoms with Crippen molar-refractivity contribution in [2.24, 2.45) is 5.92 Å². The van der Waals surface area contributed by atoms with E-state index in [-0.39, 0.29) is 0 Å². The predicted octanol–water partition coefficient (Wildman–Crippen LogP) is 1.70. The molecule has 0 radical (unpaired) electrons. The van der Waals surface area contributed by atoms with Crippen LogP contribution >= 0.6 is 0 Å². The molecular weight excluding hydrogens is 122 g/mol. The summed E-state index contributed by atoms with van der Waals surface area (Å²) in [6, 6.07) is 0.725. The van der Waals surface area contributed by atoms with E-state index in [1.807, 2.05) is 0 Å². The monoisotopic (exact) mass is 137 g/mol. The van der Waals surface area contributed by atoms with Crippen LogP contribution in [0.1, 0.15) is 25.7 Å². The van der Waals surface area contributed by atoms with Crippen molar-refractivity contribution in [3.05, 3.63) is 12.2 Å². The molecule has 10 heavy (non-hydrogen) atoms. The molecule has 0 aromatic heterocycles. The van der Waals surface area contributed by atoms with Crippen LogP contribution in [0.5, 0.6) is 0 Å². The molecule has 0 saturated carbocycles. The maximum atomic E-state index is 3.53. The Bertz CT molecular complexity index is 140. The summed E-state index contributed by atoms with van der Waals surface area (Å²) in [5.41, 5.74) is 0. The Labute approximate surface area is 62.5 Å². The van der Waals surface area contributed by atoms with Gasteiger partial charge >= 0.3 is 0 Å². The van der Waals surface area contributed by atoms with E-state index in [4.69, 9.17) is 0 Å². The third kappa shape index (κ3) is 1.10. The lowest BCUT2D eigenvalue weighted by molar-refractivity contribution is 0.295. The van der Waals surface area contributed by atoms with Crippen LogP contribution in [0, 0.1) is 5.92 Å². The van der Waals surface area contributed by atoms with E-state index in [2.05, 4.69) is 17.5 Å². The second kappa shape index (κ2) is 2.75. The van der Waals surface area contributed by atoms with Crippen molar-refractivity contribution < 1.29 is 0 Å². The van der Waals surface area contributed by atoms with Gasteiger partial charge in [-0.1, -0.05) is 12.2 Å². The molecule has 0 aromatic carbocycles. The van der Waals surface area contributed by atoms with Gasteiger partial charge in [0.2, 0.25) is 0 Å². The van der Waals surface area contributed by atoms with E-state index in [0.717, 1.165) is 12.0 Å². The third-order valence-electron chi connectivity index (χ3n) is 2.69. The van der Waals surface area contributed by atoms with Gasteiger partial charge in [-0.3, -0.25) is 0 Å². The molecule has 1 fully saturated rings. The maximum Gasteiger partial charge on any atom is 0.0278 e. The summed E-state index contributed by atoms with van der Waals surface area (Å²) in [5.74, 6) is 0.957. The highest BCUT2D eigenvalue weighted by molar-refractivity contribution is 5.02. The van der Waals surface area contributed by atoms with Crippen molar-refractivity contribution in [3.8, 4) is 0 Å². The minimum Gasteiger partial charge on any atom is -0.310 e. The van der Waals surface area contributed by atoms with Crippen LogP contribution in [-0.2, 0) is 0 Å². The molecule has 2 rings (SSSR count). The summed E-state index contributed by atoms with van der Waals surface area (Å²) < 4.78 is 0. The molecule has 0 unspecified atom stereocenters. The van der Waals surface area contributed by atoms with Crippen LogP contribution < -0.4 is 5.32 Å². The molecule has 0 spiro atoms. The van der Waals surface area contributed by atoms with Crippen LogP contribution in [0.3, 0.4) is 0 Å². The van der Waals surface area contributed by atoms with Gasteiger partial charge in [0.25, 0.3) is 0 Å². The molecule has 2 aliphatic rings. The first kappa shape index (κ1) is 6.41. The largest absolute Gasteiger partial charge is 0.310 e. The standard InChI is InChI=1S/C9H15N/c1-2-6-9-8(4-1)5-3-7-10-9/h2,6,8-10H,1,3-5,7H2/t8-,9-/m0/s1. The first-order valence-electron chi connectivity index (χ1n) is 4.37. The Hall–Kier alpha value is -0.300. The van der Waals surface area contributed by atoms with Crippen molar-refractivity contribution in [1.82, 2.24) is 5.32 Å². The molecule has 1 saturated heterocycles. The van der Waals surface area contributed by atoms with Crippen LogP contribution in [-0.4, -0.2) is 12.6 Å². The lowest BCUT2D eigenvalue weighted by Gasteiger charge is -2.32. The fourth-order valence-electron chi connectivity index (χ4n) is 2.08. The average Bonchev–Trinajstić information content (AvgIpc) is 2.05. The van der Waals surface area contributed by atoms with E-state index < -0.39 is 0 Å². The van der Waals surface area contributed by atoms with Crippen molar-refractivity contribution >= 4 is 0 Å². The van der Waals surface area contributed by atoms with E-state index >= 15 is 0 Å². The molecule has 1 N–H and O–H groups in total. The van der Waals surface area contributed by atoms with E-state index in [1.165, 1.54) is 32.2 Å². The topological polar surface area (TPSA) is 12.0 Å². The van der Waals surface area contributed by atoms with Crippen LogP contribution in [0.15, 0.2) is 12.2 Å². The van der Waals surface area contributed by atoms with Gasteiger partial charge in [0.1, 0.15) is 0 Å². The van der Waals surface area contributed by atoms with Crippen molar-refractivity contribution in [3.63, 3.8) is 0 Å². The zero-order chi connectivity index (χ0) is 6.81. The number of nitrogens with one attached hydrogen (secondary N) is 1. The van der Waals surface area contributed by atoms with Gasteiger partial charge in [0.15, 0.2) is 0 Å². The highest BCUT2D eigenvalue weighted by Crippen LogP contribution is 2.25. The predicted molar refractivity (Wildman–Crippen MR) is 42.9 cm³/mol. The zero-order valence-electron chi connectivity index (χ0n) is 6.34. The van der Waals surface area contributed by atoms with Gasteiger partial charge in [-0.25, -0.2) is 0 Å². The van der Waals surface area contributed by atoms with E-state index in [0.29, 0.717) is 0 Å². The molecule has 1 heteroatoms. The molecule has 1 nitrogen and oxygen atoms in total. The van der Waals surface area contributed by atoms with Crippen molar-refractivity contribution in [2.75, 3.05) is 6.54 Å². The minimum absolute atomic E-state index is 0.725. The molecule has 1 heterocycles. The van der Waals surface area contributed by atoms with Crippen molar-refractivity contribution in [1.29, 1.82) is 0 Å². The summed E-state index contributed by atoms with van der Waals surface area (Å²) in [7, 11) is 0. The molecular formula is C9H15N. The normalized spacial score (nSPS) is 39.2. The molecule has 0 bridgehead atoms. The van der Waals surface area contributed by atoms with Gasteiger partial charge in [-0.05, 0) is 38.1 Å². The smallest absolute Gasteiger partial charge is 0.0278 e. The quantitative estimate of drug-likeness (QED) is 0.501. The summed E-state index contributed by atoms with van der Waals surface area (Å²) in [5, 5.41) is 3.53. The fraction of sp³-hybridized carbons (Fsp3) is 0.778. The highest BCUT2D eigenvalue weighted by Gasteiger charge is 2.23. The molecule has 1 aliphatic heterocycles. The third-order valence-corrected chi connectivity index (χ3v) is 2.69. The number of fused-ring (bicyclic) bond motifs is 1. The summed E-state index contributed by atoms with van der Waals surface area (Å²) >= 11 is 0. The maximum absolute atomic E-state index is 3.53. The van der Waals surface area contributed by atoms with Gasteiger partial charge in [-0.15, -0.1) is 0 Å². The van der Waals surface area contributed by atoms with Gasteiger partial charge in [0, 0.05) is 6.04 Å². The Morgan fingerprint density at radius 3 is 3.20 bits per heavy atom. The first-order valence-corrected chi connectivity index (χ1v) is 4.37. The SMILES string of the molecule is C1=C[C@@H]2NCCC[C@@H]2CC1. The lowest BCUT2D eigenvalue weighted by atomic mass is 9.83. The number of piperidine rings is 1. The number of hydrogen-bond acceptors (Lipinski definition) is 1. The van der Waals surface area contributed by atoms with E-state index in [1.54, 1.807) is 0 Å². The zero-order valence-corrected chi connectivity index (χ0v) is 6.34. The molecule has 56 valence electrons. The summed E-state index contributed by atoms with van der Waals surface area (Å²) in [4.78, 5) is 0. The van der Waals surface area contributed by atoms with Crippen LogP contribution in [0.4, 0.5) is 0 Å². The Morgan fingerprint density at radius 1 is 1.30 bits per heavy atom. The number of allylic oxidation sites excluding steroid dienone is 1. The highest BCUT2D eigenvalue weighted by atomic mass is 14.9. The van der Waals surface area contributed by atoms with Gasteiger partial charge in [0.05, 0.1) is 0 Å². The van der Waals surface area contributed by atoms with Crippen LogP contribution in [0.2, 0.25) is 0 Å². The molecule has 2 atom stereocenters. The molecule has 0 aromatic rings. The second-order valence-corrected chi connectivity index (χ2v) is 3.39. The van der Waals surface area contributed by atoms with E-state index in [9.17, 15) is 0 Å². The van der Waals surface area contributed by atoms with Gasteiger partial charge in [-0.2, -0.15) is 0 Å². The summed E-state index contributed by atoms with van der Waals surface area (Å²) in [6.45, 7) is 1.23. The Balaban J connectivity index is 2.03. The second-order valence-electron chi connectivity index (χ2n) is 3.39. The Kier molecular flexibility index (Phi) is 1.76. The van der Waals surface area contributed by atoms with Gasteiger partial charge < -0.3 is 5.32 Å². The number of rotatable bonds is 0. The first-order chi connectivity index (χ1) is 4.97. The molecule has 1 aliphatic carbocycles. The average molecular weight is 137 g/mol. The van der Waals surface area contributed by atoms with Crippen molar-refractivity contribution in [2.45, 2.75) is 31.7 Å². The lowest BCUT2D eigenvalue weighted by Crippen LogP contribution is -2.40. The van der Waals surface area contributed by atoms with Crippen LogP contribution in [0.25, 0.3) is 0 Å². The number of hydrogen-bond donors (Lipinski definition) is 1. The Morgan fingerprint density at radius 2 is 2.30 bits per heavy atom. The fourth-order valence-corrected chi connectivity index (χ4v) is 2.08. The minimum atomic E-state index is 0.725.